The van der Waals surface area contributed by atoms with E-state index in [1.807, 2.05) is 47.0 Å². The van der Waals surface area contributed by atoms with Gasteiger partial charge >= 0.3 is 0 Å². The molecular formula is C25H29N6O2+. The molecule has 5 rings (SSSR count). The molecule has 0 aliphatic carbocycles. The smallest absolute Gasteiger partial charge is 0.257 e. The zero-order chi connectivity index (χ0) is 22.6. The van der Waals surface area contributed by atoms with Crippen LogP contribution in [0.3, 0.4) is 0 Å². The number of nitrogens with one attached hydrogen (secondary N) is 2. The molecule has 0 unspecified atom stereocenters. The van der Waals surface area contributed by atoms with Crippen molar-refractivity contribution in [3.8, 4) is 0 Å². The molecule has 1 aliphatic heterocycles. The largest absolute Gasteiger partial charge is 0.384 e. The molecule has 1 aliphatic rings. The van der Waals surface area contributed by atoms with Crippen LogP contribution in [0.2, 0.25) is 0 Å². The number of carbonyl (C=O) groups excluding carboxylic acids is 1. The summed E-state index contributed by atoms with van der Waals surface area (Å²) in [6.07, 6.45) is 0.783. The molecule has 170 valence electrons. The third-order valence-corrected chi connectivity index (χ3v) is 6.25. The van der Waals surface area contributed by atoms with E-state index < -0.39 is 0 Å². The van der Waals surface area contributed by atoms with Crippen LogP contribution in [0.25, 0.3) is 22.2 Å². The van der Waals surface area contributed by atoms with Crippen molar-refractivity contribution in [3.63, 3.8) is 0 Å². The molecule has 33 heavy (non-hydrogen) atoms. The predicted octanol–water partition coefficient (Wildman–Crippen LogP) is 1.05. The first-order chi connectivity index (χ1) is 16.2. The van der Waals surface area contributed by atoms with Gasteiger partial charge in [-0.15, -0.1) is 0 Å². The summed E-state index contributed by atoms with van der Waals surface area (Å²) >= 11 is 0. The van der Waals surface area contributed by atoms with Crippen molar-refractivity contribution < 1.29 is 14.4 Å². The fourth-order valence-corrected chi connectivity index (χ4v) is 4.40. The fourth-order valence-electron chi connectivity index (χ4n) is 4.40. The summed E-state index contributed by atoms with van der Waals surface area (Å²) in [6, 6.07) is 17.9. The quantitative estimate of drug-likeness (QED) is 0.395. The van der Waals surface area contributed by atoms with Crippen molar-refractivity contribution in [2.75, 3.05) is 45.1 Å². The Morgan fingerprint density at radius 1 is 1.03 bits per heavy atom. The number of hydrogen-bond donors (Lipinski definition) is 3. The van der Waals surface area contributed by atoms with Crippen LogP contribution in [0.1, 0.15) is 15.9 Å². The lowest BCUT2D eigenvalue weighted by atomic mass is 10.1. The molecule has 0 bridgehead atoms. The van der Waals surface area contributed by atoms with Gasteiger partial charge in [0.2, 0.25) is 0 Å². The van der Waals surface area contributed by atoms with Gasteiger partial charge < -0.3 is 25.3 Å². The number of ether oxygens (including phenoxy) is 1. The maximum atomic E-state index is 13.2. The molecule has 0 radical (unpaired) electrons. The molecule has 1 amide bonds. The molecule has 4 N–H and O–H groups in total. The second kappa shape index (κ2) is 9.56. The SMILES string of the molecule is Nc1c(C(=O)NCC[NH+]2CCOCC2)c2nc3ccccc3nc2n1CCc1ccccc1. The molecule has 0 spiro atoms. The van der Waals surface area contributed by atoms with Gasteiger partial charge in [-0.1, -0.05) is 42.5 Å². The third kappa shape index (κ3) is 4.53. The van der Waals surface area contributed by atoms with Crippen LogP contribution in [0.15, 0.2) is 54.6 Å². The zero-order valence-corrected chi connectivity index (χ0v) is 18.6. The number of fused-ring (bicyclic) bond motifs is 2. The highest BCUT2D eigenvalue weighted by Crippen LogP contribution is 2.28. The molecule has 0 saturated carbocycles. The summed E-state index contributed by atoms with van der Waals surface area (Å²) in [5.74, 6) is 0.209. The van der Waals surface area contributed by atoms with Gasteiger partial charge in [0.1, 0.15) is 30.0 Å². The molecular weight excluding hydrogens is 416 g/mol. The number of nitrogens with zero attached hydrogens (tertiary/aromatic N) is 3. The van der Waals surface area contributed by atoms with E-state index in [1.54, 1.807) is 0 Å². The molecule has 2 aromatic heterocycles. The Labute approximate surface area is 192 Å². The van der Waals surface area contributed by atoms with Crippen molar-refractivity contribution in [3.05, 3.63) is 65.7 Å². The van der Waals surface area contributed by atoms with E-state index in [-0.39, 0.29) is 5.91 Å². The van der Waals surface area contributed by atoms with E-state index in [4.69, 9.17) is 20.4 Å². The number of anilines is 1. The van der Waals surface area contributed by atoms with E-state index in [2.05, 4.69) is 17.4 Å². The number of aromatic nitrogens is 3. The third-order valence-electron chi connectivity index (χ3n) is 6.25. The van der Waals surface area contributed by atoms with Crippen LogP contribution in [0, 0.1) is 0 Å². The van der Waals surface area contributed by atoms with Gasteiger partial charge in [0.25, 0.3) is 5.91 Å². The second-order valence-electron chi connectivity index (χ2n) is 8.40. The molecule has 8 heteroatoms. The number of para-hydroxylation sites is 2. The normalized spacial score (nSPS) is 14.7. The average Bonchev–Trinajstić information content (AvgIpc) is 3.12. The number of carbonyl (C=O) groups is 1. The number of aryl methyl sites for hydroxylation is 2. The van der Waals surface area contributed by atoms with Gasteiger partial charge in [-0.05, 0) is 24.1 Å². The van der Waals surface area contributed by atoms with Gasteiger partial charge in [0, 0.05) is 6.54 Å². The minimum absolute atomic E-state index is 0.201. The van der Waals surface area contributed by atoms with Gasteiger partial charge in [0.15, 0.2) is 5.65 Å². The van der Waals surface area contributed by atoms with Gasteiger partial charge in [-0.2, -0.15) is 0 Å². The monoisotopic (exact) mass is 445 g/mol. The Balaban J connectivity index is 1.45. The highest BCUT2D eigenvalue weighted by atomic mass is 16.5. The van der Waals surface area contributed by atoms with Gasteiger partial charge in [-0.25, -0.2) is 9.97 Å². The van der Waals surface area contributed by atoms with Crippen LogP contribution in [0.5, 0.6) is 0 Å². The first kappa shape index (κ1) is 21.4. The molecule has 2 aromatic carbocycles. The van der Waals surface area contributed by atoms with Crippen molar-refractivity contribution in [1.82, 2.24) is 19.9 Å². The maximum absolute atomic E-state index is 13.2. The number of rotatable bonds is 7. The molecule has 1 fully saturated rings. The number of amides is 1. The Kier molecular flexibility index (Phi) is 6.19. The van der Waals surface area contributed by atoms with E-state index in [1.165, 1.54) is 10.5 Å². The van der Waals surface area contributed by atoms with Crippen LogP contribution < -0.4 is 16.0 Å². The molecule has 1 saturated heterocycles. The van der Waals surface area contributed by atoms with E-state index in [0.29, 0.717) is 35.6 Å². The average molecular weight is 446 g/mol. The summed E-state index contributed by atoms with van der Waals surface area (Å²) in [5.41, 5.74) is 10.9. The summed E-state index contributed by atoms with van der Waals surface area (Å²) in [4.78, 5) is 24.3. The van der Waals surface area contributed by atoms with Crippen LogP contribution in [0.4, 0.5) is 5.82 Å². The maximum Gasteiger partial charge on any atom is 0.257 e. The number of quaternary nitrogens is 1. The van der Waals surface area contributed by atoms with Gasteiger partial charge in [0.05, 0.1) is 37.3 Å². The summed E-state index contributed by atoms with van der Waals surface area (Å²) in [7, 11) is 0. The number of benzene rings is 2. The Hall–Kier alpha value is -3.49. The summed E-state index contributed by atoms with van der Waals surface area (Å²) < 4.78 is 7.33. The standard InChI is InChI=1S/C25H28N6O2/c26-23-21(25(32)27-11-13-30-14-16-33-17-15-30)22-24(29-20-9-5-4-8-19(20)28-22)31(23)12-10-18-6-2-1-3-7-18/h1-9H,10-17,26H2,(H,27,32)/p+1. The number of hydrogen-bond acceptors (Lipinski definition) is 5. The Morgan fingerprint density at radius 2 is 1.73 bits per heavy atom. The van der Waals surface area contributed by atoms with E-state index in [9.17, 15) is 4.79 Å². The molecule has 8 nitrogen and oxygen atoms in total. The first-order valence-corrected chi connectivity index (χ1v) is 11.5. The zero-order valence-electron chi connectivity index (χ0n) is 18.6. The molecule has 0 atom stereocenters. The molecule has 3 heterocycles. The number of morpholine rings is 1. The lowest BCUT2D eigenvalue weighted by Crippen LogP contribution is -3.14. The lowest BCUT2D eigenvalue weighted by Gasteiger charge is -2.23. The Morgan fingerprint density at radius 3 is 2.48 bits per heavy atom. The van der Waals surface area contributed by atoms with Crippen LogP contribution in [-0.2, 0) is 17.7 Å². The minimum Gasteiger partial charge on any atom is -0.384 e. The van der Waals surface area contributed by atoms with Crippen molar-refractivity contribution in [1.29, 1.82) is 0 Å². The van der Waals surface area contributed by atoms with E-state index in [0.717, 1.165) is 50.3 Å². The van der Waals surface area contributed by atoms with Crippen molar-refractivity contribution in [2.24, 2.45) is 0 Å². The number of nitrogens with two attached hydrogens (primary N) is 1. The first-order valence-electron chi connectivity index (χ1n) is 11.5. The van der Waals surface area contributed by atoms with Crippen molar-refractivity contribution in [2.45, 2.75) is 13.0 Å². The van der Waals surface area contributed by atoms with Gasteiger partial charge in [-0.3, -0.25) is 4.79 Å². The number of nitrogen functional groups attached to an aromatic ring is 1. The van der Waals surface area contributed by atoms with E-state index >= 15 is 0 Å². The minimum atomic E-state index is -0.201. The predicted molar refractivity (Wildman–Crippen MR) is 128 cm³/mol. The van der Waals surface area contributed by atoms with Crippen LogP contribution in [-0.4, -0.2) is 59.8 Å². The summed E-state index contributed by atoms with van der Waals surface area (Å²) in [5, 5.41) is 3.05. The lowest BCUT2D eigenvalue weighted by molar-refractivity contribution is -0.906. The summed E-state index contributed by atoms with van der Waals surface area (Å²) in [6.45, 7) is 5.52. The highest BCUT2D eigenvalue weighted by Gasteiger charge is 2.24. The molecule has 4 aromatic rings. The second-order valence-corrected chi connectivity index (χ2v) is 8.40. The Bertz CT molecular complexity index is 1260. The highest BCUT2D eigenvalue weighted by molar-refractivity contribution is 6.10. The topological polar surface area (TPSA) is 99.5 Å². The van der Waals surface area contributed by atoms with Crippen molar-refractivity contribution >= 4 is 33.9 Å². The van der Waals surface area contributed by atoms with Crippen LogP contribution >= 0.6 is 0 Å². The fraction of sp³-hybridized carbons (Fsp3) is 0.320.